The first-order chi connectivity index (χ1) is 15.2. The number of aryl methyl sites for hydroxylation is 1. The molecular weight excluding hydrogens is 400 g/mol. The Labute approximate surface area is 192 Å². The molecule has 0 aliphatic rings. The number of hydrogen-bond acceptors (Lipinski definition) is 4. The molecule has 0 radical (unpaired) electrons. The van der Waals surface area contributed by atoms with E-state index in [9.17, 15) is 9.59 Å². The van der Waals surface area contributed by atoms with Gasteiger partial charge in [-0.05, 0) is 24.3 Å². The topological polar surface area (TPSA) is 67.4 Å². The monoisotopic (exact) mass is 438 g/mol. The Hall–Kier alpha value is -2.50. The molecule has 2 atom stereocenters. The van der Waals surface area contributed by atoms with Crippen LogP contribution in [0.3, 0.4) is 0 Å². The van der Waals surface area contributed by atoms with Gasteiger partial charge in [-0.2, -0.15) is 0 Å². The number of benzene rings is 2. The fourth-order valence-electron chi connectivity index (χ4n) is 3.46. The van der Waals surface area contributed by atoms with Crippen LogP contribution in [0.1, 0.15) is 68.4 Å². The number of Topliss-reactive ketones (excluding diaryl/α,β-unsaturated/α-hetero) is 1. The Kier molecular flexibility index (Phi) is 10.1. The van der Waals surface area contributed by atoms with Gasteiger partial charge in [0.25, 0.3) is 0 Å². The molecule has 0 bridgehead atoms. The number of carbonyl (C=O) groups is 2. The zero-order valence-corrected chi connectivity index (χ0v) is 20.1. The Balaban J connectivity index is 2.03. The van der Waals surface area contributed by atoms with Crippen molar-refractivity contribution in [3.63, 3.8) is 0 Å². The van der Waals surface area contributed by atoms with E-state index < -0.39 is 11.5 Å². The van der Waals surface area contributed by atoms with E-state index in [0.29, 0.717) is 18.7 Å². The number of ketones is 1. The fourth-order valence-corrected chi connectivity index (χ4v) is 3.46. The Morgan fingerprint density at radius 1 is 1.00 bits per heavy atom. The molecule has 0 aliphatic carbocycles. The molecule has 32 heavy (non-hydrogen) atoms. The van der Waals surface area contributed by atoms with Crippen LogP contribution in [-0.4, -0.2) is 24.3 Å². The van der Waals surface area contributed by atoms with Crippen molar-refractivity contribution in [2.75, 3.05) is 6.54 Å². The predicted octanol–water partition coefficient (Wildman–Crippen LogP) is 5.24. The van der Waals surface area contributed by atoms with E-state index in [1.165, 1.54) is 0 Å². The molecule has 0 saturated carbocycles. The van der Waals surface area contributed by atoms with E-state index in [0.717, 1.165) is 30.4 Å². The second-order valence-electron chi connectivity index (χ2n) is 9.50. The Morgan fingerprint density at radius 3 is 2.25 bits per heavy atom. The van der Waals surface area contributed by atoms with Gasteiger partial charge in [-0.25, -0.2) is 5.48 Å². The second kappa shape index (κ2) is 12.5. The first kappa shape index (κ1) is 25.8. The molecule has 0 spiro atoms. The van der Waals surface area contributed by atoms with E-state index in [2.05, 4.69) is 17.7 Å². The summed E-state index contributed by atoms with van der Waals surface area (Å²) < 4.78 is 0. The lowest BCUT2D eigenvalue weighted by Crippen LogP contribution is -2.52. The summed E-state index contributed by atoms with van der Waals surface area (Å²) in [5, 5.41) is 3.05. The van der Waals surface area contributed by atoms with Crippen molar-refractivity contribution in [1.82, 2.24) is 10.8 Å². The highest BCUT2D eigenvalue weighted by Gasteiger charge is 2.34. The number of hydroxylamine groups is 1. The molecule has 2 aromatic carbocycles. The highest BCUT2D eigenvalue weighted by atomic mass is 16.6. The first-order valence-corrected chi connectivity index (χ1v) is 11.5. The minimum atomic E-state index is -0.605. The van der Waals surface area contributed by atoms with Gasteiger partial charge in [0.1, 0.15) is 0 Å². The van der Waals surface area contributed by atoms with Crippen LogP contribution in [-0.2, 0) is 16.2 Å². The van der Waals surface area contributed by atoms with Crippen LogP contribution >= 0.6 is 0 Å². The first-order valence-electron chi connectivity index (χ1n) is 11.5. The molecule has 2 aromatic rings. The van der Waals surface area contributed by atoms with E-state index in [-0.39, 0.29) is 17.6 Å². The largest absolute Gasteiger partial charge is 0.345 e. The van der Waals surface area contributed by atoms with Gasteiger partial charge >= 0.3 is 0 Å². The van der Waals surface area contributed by atoms with Gasteiger partial charge in [-0.3, -0.25) is 14.4 Å². The predicted molar refractivity (Wildman–Crippen MR) is 129 cm³/mol. The molecule has 0 unspecified atom stereocenters. The third-order valence-electron chi connectivity index (χ3n) is 5.54. The van der Waals surface area contributed by atoms with Crippen molar-refractivity contribution in [3.05, 3.63) is 71.3 Å². The van der Waals surface area contributed by atoms with Crippen LogP contribution in [0.15, 0.2) is 54.6 Å². The average Bonchev–Trinajstić information content (AvgIpc) is 2.76. The lowest BCUT2D eigenvalue weighted by molar-refractivity contribution is -0.127. The lowest BCUT2D eigenvalue weighted by atomic mass is 9.81. The minimum absolute atomic E-state index is 0.0617. The van der Waals surface area contributed by atoms with E-state index in [1.807, 2.05) is 82.3 Å². The van der Waals surface area contributed by atoms with Crippen molar-refractivity contribution in [2.45, 2.75) is 66.5 Å². The van der Waals surface area contributed by atoms with Crippen molar-refractivity contribution < 1.29 is 14.4 Å². The number of nitrogens with one attached hydrogen (secondary N) is 2. The fraction of sp³-hybridized carbons (Fsp3) is 0.481. The molecule has 0 heterocycles. The van der Waals surface area contributed by atoms with Crippen molar-refractivity contribution in [3.8, 4) is 0 Å². The summed E-state index contributed by atoms with van der Waals surface area (Å²) in [6, 6.07) is 16.8. The van der Waals surface area contributed by atoms with E-state index >= 15 is 0 Å². The normalized spacial score (nSPS) is 13.4. The van der Waals surface area contributed by atoms with Crippen LogP contribution in [0.25, 0.3) is 0 Å². The summed E-state index contributed by atoms with van der Waals surface area (Å²) in [6.07, 6.45) is 2.67. The maximum absolute atomic E-state index is 13.2. The van der Waals surface area contributed by atoms with Gasteiger partial charge in [0.2, 0.25) is 5.91 Å². The molecule has 5 heteroatoms. The Bertz CT molecular complexity index is 841. The van der Waals surface area contributed by atoms with Gasteiger partial charge in [0.15, 0.2) is 5.78 Å². The summed E-state index contributed by atoms with van der Waals surface area (Å²) >= 11 is 0. The summed E-state index contributed by atoms with van der Waals surface area (Å²) in [7, 11) is 0. The number of amides is 1. The van der Waals surface area contributed by atoms with Crippen molar-refractivity contribution >= 4 is 11.7 Å². The van der Waals surface area contributed by atoms with Gasteiger partial charge in [-0.1, -0.05) is 101 Å². The number of hydrogen-bond donors (Lipinski definition) is 2. The third kappa shape index (κ3) is 8.21. The van der Waals surface area contributed by atoms with E-state index in [1.54, 1.807) is 0 Å². The van der Waals surface area contributed by atoms with Crippen molar-refractivity contribution in [2.24, 2.45) is 11.3 Å². The molecular formula is C27H38N2O3. The van der Waals surface area contributed by atoms with E-state index in [4.69, 9.17) is 4.84 Å². The number of rotatable bonds is 12. The molecule has 5 nitrogen and oxygen atoms in total. The molecule has 0 saturated heterocycles. The zero-order valence-electron chi connectivity index (χ0n) is 20.1. The summed E-state index contributed by atoms with van der Waals surface area (Å²) in [6.45, 7) is 10.9. The van der Waals surface area contributed by atoms with Crippen LogP contribution in [0.2, 0.25) is 0 Å². The van der Waals surface area contributed by atoms with Gasteiger partial charge in [0.05, 0.1) is 18.6 Å². The number of unbranched alkanes of at least 4 members (excludes halogenated alkanes) is 1. The zero-order chi connectivity index (χ0) is 23.6. The maximum Gasteiger partial charge on any atom is 0.225 e. The van der Waals surface area contributed by atoms with Crippen LogP contribution in [0.5, 0.6) is 0 Å². The molecule has 2 rings (SSSR count). The highest BCUT2D eigenvalue weighted by molar-refractivity contribution is 6.02. The van der Waals surface area contributed by atoms with Crippen LogP contribution in [0.4, 0.5) is 0 Å². The second-order valence-corrected chi connectivity index (χ2v) is 9.50. The molecule has 2 N–H and O–H groups in total. The molecule has 0 fully saturated rings. The van der Waals surface area contributed by atoms with Crippen LogP contribution in [0, 0.1) is 18.3 Å². The molecule has 0 aromatic heterocycles. The van der Waals surface area contributed by atoms with Gasteiger partial charge in [0, 0.05) is 12.1 Å². The molecule has 174 valence electrons. The van der Waals surface area contributed by atoms with Crippen LogP contribution < -0.4 is 10.8 Å². The molecule has 0 aliphatic heterocycles. The summed E-state index contributed by atoms with van der Waals surface area (Å²) in [4.78, 5) is 32.0. The number of carbonyl (C=O) groups excluding carboxylic acids is 2. The maximum atomic E-state index is 13.2. The smallest absolute Gasteiger partial charge is 0.225 e. The SMILES string of the molecule is CCCC[C@H](CNOCc1ccccc1)C(=O)N[C@H](C(=O)c1ccc(C)cc1)C(C)(C)C. The quantitative estimate of drug-likeness (QED) is 0.270. The Morgan fingerprint density at radius 2 is 1.66 bits per heavy atom. The van der Waals surface area contributed by atoms with Gasteiger partial charge < -0.3 is 5.32 Å². The summed E-state index contributed by atoms with van der Waals surface area (Å²) in [5.74, 6) is -0.454. The lowest BCUT2D eigenvalue weighted by Gasteiger charge is -2.32. The highest BCUT2D eigenvalue weighted by Crippen LogP contribution is 2.24. The molecule has 1 amide bonds. The minimum Gasteiger partial charge on any atom is -0.345 e. The average molecular weight is 439 g/mol. The van der Waals surface area contributed by atoms with Gasteiger partial charge in [-0.15, -0.1) is 0 Å². The van der Waals surface area contributed by atoms with Crippen molar-refractivity contribution in [1.29, 1.82) is 0 Å². The third-order valence-corrected chi connectivity index (χ3v) is 5.54. The summed E-state index contributed by atoms with van der Waals surface area (Å²) in [5.41, 5.74) is 5.32. The standard InChI is InChI=1S/C27H38N2O3/c1-6-7-13-23(18-28-32-19-21-11-9-8-10-12-21)26(31)29-25(27(3,4)5)24(30)22-16-14-20(2)15-17-22/h8-12,14-17,23,25,28H,6-7,13,18-19H2,1-5H3,(H,29,31)/t23-,25-/m1/s1.